The van der Waals surface area contributed by atoms with Gasteiger partial charge in [0.1, 0.15) is 5.82 Å². The summed E-state index contributed by atoms with van der Waals surface area (Å²) in [4.78, 5) is 18.2. The quantitative estimate of drug-likeness (QED) is 0.283. The lowest BCUT2D eigenvalue weighted by molar-refractivity contribution is -0.120. The van der Waals surface area contributed by atoms with Crippen molar-refractivity contribution in [2.24, 2.45) is 4.99 Å². The van der Waals surface area contributed by atoms with Crippen LogP contribution in [0.25, 0.3) is 0 Å². The Morgan fingerprint density at radius 3 is 2.50 bits per heavy atom. The van der Waals surface area contributed by atoms with Crippen LogP contribution in [0.5, 0.6) is 0 Å². The Bertz CT molecular complexity index is 609. The summed E-state index contributed by atoms with van der Waals surface area (Å²) in [6.45, 7) is 6.42. The predicted octanol–water partition coefficient (Wildman–Crippen LogP) is 1.51. The Kier molecular flexibility index (Phi) is 12.0. The number of hydrogen-bond acceptors (Lipinski definition) is 4. The van der Waals surface area contributed by atoms with Gasteiger partial charge in [-0.25, -0.2) is 4.39 Å². The van der Waals surface area contributed by atoms with Crippen LogP contribution >= 0.6 is 24.0 Å². The van der Waals surface area contributed by atoms with Gasteiger partial charge >= 0.3 is 0 Å². The largest absolute Gasteiger partial charge is 0.379 e. The second-order valence-electron chi connectivity index (χ2n) is 6.37. The first kappa shape index (κ1) is 24.6. The summed E-state index contributed by atoms with van der Waals surface area (Å²) in [7, 11) is 1.67. The van der Waals surface area contributed by atoms with E-state index in [0.717, 1.165) is 25.1 Å². The average molecular weight is 507 g/mol. The van der Waals surface area contributed by atoms with Crippen molar-refractivity contribution in [3.8, 4) is 0 Å². The highest BCUT2D eigenvalue weighted by Crippen LogP contribution is 2.21. The highest BCUT2D eigenvalue weighted by atomic mass is 127. The molecule has 1 heterocycles. The fourth-order valence-corrected chi connectivity index (χ4v) is 2.94. The van der Waals surface area contributed by atoms with E-state index >= 15 is 0 Å². The molecule has 1 atom stereocenters. The number of nitrogens with one attached hydrogen (secondary N) is 3. The van der Waals surface area contributed by atoms with Gasteiger partial charge in [-0.1, -0.05) is 19.1 Å². The third kappa shape index (κ3) is 8.27. The number of carbonyl (C=O) groups is 1. The maximum absolute atomic E-state index is 13.3. The zero-order chi connectivity index (χ0) is 19.5. The smallest absolute Gasteiger partial charge is 0.239 e. The zero-order valence-corrected chi connectivity index (χ0v) is 18.9. The molecule has 3 N–H and O–H groups in total. The molecular formula is C19H31FIN5O2. The number of halogens is 2. The van der Waals surface area contributed by atoms with E-state index < -0.39 is 0 Å². The Hall–Kier alpha value is -1.46. The van der Waals surface area contributed by atoms with Gasteiger partial charge < -0.3 is 20.7 Å². The van der Waals surface area contributed by atoms with Gasteiger partial charge in [0.05, 0.1) is 25.8 Å². The third-order valence-electron chi connectivity index (χ3n) is 4.42. The van der Waals surface area contributed by atoms with Crippen molar-refractivity contribution in [3.05, 3.63) is 35.6 Å². The van der Waals surface area contributed by atoms with E-state index in [0.29, 0.717) is 32.3 Å². The van der Waals surface area contributed by atoms with E-state index in [1.807, 2.05) is 19.1 Å². The van der Waals surface area contributed by atoms with Crippen molar-refractivity contribution >= 4 is 35.8 Å². The standard InChI is InChI=1S/C19H30FN5O2.HI/c1-3-8-22-18(26)14-24-19(21-2)23-13-17(25-9-11-27-12-10-25)15-4-6-16(20)7-5-15;/h4-7,17H,3,8-14H2,1-2H3,(H,22,26)(H2,21,23,24);1H. The maximum Gasteiger partial charge on any atom is 0.239 e. The highest BCUT2D eigenvalue weighted by molar-refractivity contribution is 14.0. The van der Waals surface area contributed by atoms with Gasteiger partial charge in [0.15, 0.2) is 5.96 Å². The highest BCUT2D eigenvalue weighted by Gasteiger charge is 2.23. The molecule has 158 valence electrons. The molecule has 1 unspecified atom stereocenters. The fourth-order valence-electron chi connectivity index (χ4n) is 2.94. The second-order valence-corrected chi connectivity index (χ2v) is 6.37. The van der Waals surface area contributed by atoms with Gasteiger partial charge in [-0.05, 0) is 24.1 Å². The van der Waals surface area contributed by atoms with Gasteiger partial charge in [-0.2, -0.15) is 0 Å². The molecule has 9 heteroatoms. The van der Waals surface area contributed by atoms with Crippen molar-refractivity contribution in [1.29, 1.82) is 0 Å². The van der Waals surface area contributed by atoms with Crippen LogP contribution in [-0.2, 0) is 9.53 Å². The Labute approximate surface area is 183 Å². The summed E-state index contributed by atoms with van der Waals surface area (Å²) in [5.41, 5.74) is 1.03. The van der Waals surface area contributed by atoms with Gasteiger partial charge in [0.25, 0.3) is 0 Å². The predicted molar refractivity (Wildman–Crippen MR) is 120 cm³/mol. The molecule has 1 aliphatic rings. The number of ether oxygens (including phenoxy) is 1. The molecule has 1 aliphatic heterocycles. The van der Waals surface area contributed by atoms with Gasteiger partial charge in [0.2, 0.25) is 5.91 Å². The fraction of sp³-hybridized carbons (Fsp3) is 0.579. The molecule has 0 aromatic heterocycles. The number of nitrogens with zero attached hydrogens (tertiary/aromatic N) is 2. The summed E-state index contributed by atoms with van der Waals surface area (Å²) in [5, 5.41) is 9.11. The number of rotatable bonds is 8. The molecule has 1 aromatic carbocycles. The van der Waals surface area contributed by atoms with Crippen LogP contribution in [0.15, 0.2) is 29.3 Å². The maximum atomic E-state index is 13.3. The van der Waals surface area contributed by atoms with Crippen LogP contribution in [0.2, 0.25) is 0 Å². The van der Waals surface area contributed by atoms with Crippen LogP contribution < -0.4 is 16.0 Å². The summed E-state index contributed by atoms with van der Waals surface area (Å²) < 4.78 is 18.8. The lowest BCUT2D eigenvalue weighted by Gasteiger charge is -2.35. The zero-order valence-electron chi connectivity index (χ0n) is 16.5. The molecular weight excluding hydrogens is 476 g/mol. The van der Waals surface area contributed by atoms with Gasteiger partial charge in [-0.15, -0.1) is 24.0 Å². The summed E-state index contributed by atoms with van der Waals surface area (Å²) >= 11 is 0. The van der Waals surface area contributed by atoms with Crippen LogP contribution in [0.1, 0.15) is 24.9 Å². The number of morpholine rings is 1. The second kappa shape index (κ2) is 13.7. The lowest BCUT2D eigenvalue weighted by Crippen LogP contribution is -2.48. The number of amides is 1. The van der Waals surface area contributed by atoms with E-state index in [-0.39, 0.29) is 48.3 Å². The summed E-state index contributed by atoms with van der Waals surface area (Å²) in [6, 6.07) is 6.64. The molecule has 0 spiro atoms. The van der Waals surface area contributed by atoms with Crippen molar-refractivity contribution in [1.82, 2.24) is 20.9 Å². The van der Waals surface area contributed by atoms with Crippen molar-refractivity contribution in [3.63, 3.8) is 0 Å². The first-order valence-electron chi connectivity index (χ1n) is 9.42. The van der Waals surface area contributed by atoms with Crippen molar-refractivity contribution in [2.75, 3.05) is 53.0 Å². The van der Waals surface area contributed by atoms with Crippen LogP contribution in [0.3, 0.4) is 0 Å². The third-order valence-corrected chi connectivity index (χ3v) is 4.42. The van der Waals surface area contributed by atoms with Crippen molar-refractivity contribution < 1.29 is 13.9 Å². The Morgan fingerprint density at radius 2 is 1.89 bits per heavy atom. The number of hydrogen-bond donors (Lipinski definition) is 3. The summed E-state index contributed by atoms with van der Waals surface area (Å²) in [5.74, 6) is 0.244. The van der Waals surface area contributed by atoms with Crippen LogP contribution in [-0.4, -0.2) is 69.8 Å². The van der Waals surface area contributed by atoms with E-state index in [1.165, 1.54) is 12.1 Å². The van der Waals surface area contributed by atoms with Gasteiger partial charge in [-0.3, -0.25) is 14.7 Å². The first-order chi connectivity index (χ1) is 13.1. The summed E-state index contributed by atoms with van der Waals surface area (Å²) in [6.07, 6.45) is 0.900. The SMILES string of the molecule is CCCNC(=O)CNC(=NC)NCC(c1ccc(F)cc1)N1CCOCC1.I. The van der Waals surface area contributed by atoms with Gasteiger partial charge in [0, 0.05) is 33.2 Å². The molecule has 7 nitrogen and oxygen atoms in total. The van der Waals surface area contributed by atoms with Crippen molar-refractivity contribution in [2.45, 2.75) is 19.4 Å². The topological polar surface area (TPSA) is 78.0 Å². The molecule has 1 fully saturated rings. The minimum Gasteiger partial charge on any atom is -0.379 e. The molecule has 1 amide bonds. The number of carbonyl (C=O) groups excluding carboxylic acids is 1. The van der Waals surface area contributed by atoms with Crippen LogP contribution in [0.4, 0.5) is 4.39 Å². The van der Waals surface area contributed by atoms with E-state index in [4.69, 9.17) is 4.74 Å². The Morgan fingerprint density at radius 1 is 1.21 bits per heavy atom. The number of benzene rings is 1. The minimum atomic E-state index is -0.247. The molecule has 1 aromatic rings. The Balaban J connectivity index is 0.00000392. The van der Waals surface area contributed by atoms with E-state index in [1.54, 1.807) is 7.05 Å². The molecule has 0 bridgehead atoms. The lowest BCUT2D eigenvalue weighted by atomic mass is 10.0. The minimum absolute atomic E-state index is 0. The molecule has 2 rings (SSSR count). The average Bonchev–Trinajstić information content (AvgIpc) is 2.70. The van der Waals surface area contributed by atoms with E-state index in [2.05, 4.69) is 25.8 Å². The normalized spacial score (nSPS) is 16.0. The molecule has 0 radical (unpaired) electrons. The first-order valence-corrected chi connectivity index (χ1v) is 9.42. The monoisotopic (exact) mass is 507 g/mol. The molecule has 0 saturated carbocycles. The van der Waals surface area contributed by atoms with E-state index in [9.17, 15) is 9.18 Å². The van der Waals surface area contributed by atoms with Crippen LogP contribution in [0, 0.1) is 5.82 Å². The number of aliphatic imine (C=N–C) groups is 1. The molecule has 28 heavy (non-hydrogen) atoms. The molecule has 0 aliphatic carbocycles. The molecule has 1 saturated heterocycles. The number of guanidine groups is 1.